The van der Waals surface area contributed by atoms with Crippen LogP contribution in [0.3, 0.4) is 0 Å². The number of fused-ring (bicyclic) bond motifs is 3. The lowest BCUT2D eigenvalue weighted by Gasteiger charge is -2.22. The molecule has 0 saturated carbocycles. The molecule has 0 amide bonds. The third kappa shape index (κ3) is 4.29. The van der Waals surface area contributed by atoms with Gasteiger partial charge in [0.1, 0.15) is 5.75 Å². The van der Waals surface area contributed by atoms with Gasteiger partial charge in [-0.15, -0.1) is 10.2 Å². The molecule has 0 bridgehead atoms. The molecular formula is C22H24N4O2S. The molecule has 1 aliphatic heterocycles. The molecule has 0 fully saturated rings. The van der Waals surface area contributed by atoms with Gasteiger partial charge in [-0.25, -0.2) is 0 Å². The Bertz CT molecular complexity index is 983. The number of anilines is 1. The number of hydrogen-bond donors (Lipinski definition) is 1. The van der Waals surface area contributed by atoms with Crippen molar-refractivity contribution in [3.63, 3.8) is 0 Å². The summed E-state index contributed by atoms with van der Waals surface area (Å²) in [5.41, 5.74) is 3.41. The maximum Gasteiger partial charge on any atom is 0.247 e. The summed E-state index contributed by atoms with van der Waals surface area (Å²) in [6, 6.07) is 15.9. The Morgan fingerprint density at radius 2 is 1.90 bits per heavy atom. The molecule has 1 atom stereocenters. The summed E-state index contributed by atoms with van der Waals surface area (Å²) in [6.45, 7) is 4.89. The van der Waals surface area contributed by atoms with Crippen LogP contribution in [-0.2, 0) is 0 Å². The zero-order valence-electron chi connectivity index (χ0n) is 16.6. The summed E-state index contributed by atoms with van der Waals surface area (Å²) in [5.74, 6) is 2.15. The molecule has 1 N–H and O–H groups in total. The lowest BCUT2D eigenvalue weighted by molar-refractivity contribution is 0.215. The van der Waals surface area contributed by atoms with Crippen LogP contribution >= 0.6 is 11.8 Å². The molecule has 4 rings (SSSR count). The maximum atomic E-state index is 6.34. The summed E-state index contributed by atoms with van der Waals surface area (Å²) >= 11 is 1.54. The van der Waals surface area contributed by atoms with Gasteiger partial charge in [-0.3, -0.25) is 0 Å². The Hall–Kier alpha value is -2.80. The lowest BCUT2D eigenvalue weighted by Crippen LogP contribution is -2.18. The highest BCUT2D eigenvalue weighted by molar-refractivity contribution is 7.99. The third-order valence-electron chi connectivity index (χ3n) is 4.56. The van der Waals surface area contributed by atoms with E-state index in [1.165, 1.54) is 0 Å². The Morgan fingerprint density at radius 3 is 2.76 bits per heavy atom. The monoisotopic (exact) mass is 408 g/mol. The molecule has 0 radical (unpaired) electrons. The van der Waals surface area contributed by atoms with Crippen LogP contribution in [0.4, 0.5) is 5.69 Å². The fourth-order valence-corrected chi connectivity index (χ4v) is 3.64. The van der Waals surface area contributed by atoms with Crippen LogP contribution in [0.15, 0.2) is 53.7 Å². The van der Waals surface area contributed by atoms with E-state index in [9.17, 15) is 0 Å². The van der Waals surface area contributed by atoms with E-state index in [4.69, 9.17) is 9.47 Å². The predicted octanol–water partition coefficient (Wildman–Crippen LogP) is 5.33. The second-order valence-corrected chi connectivity index (χ2v) is 7.84. The Balaban J connectivity index is 1.75. The molecule has 1 aromatic heterocycles. The van der Waals surface area contributed by atoms with Gasteiger partial charge in [-0.1, -0.05) is 62.4 Å². The first-order valence-corrected chi connectivity index (χ1v) is 10.9. The molecule has 29 heavy (non-hydrogen) atoms. The molecule has 7 heteroatoms. The van der Waals surface area contributed by atoms with E-state index in [0.717, 1.165) is 41.2 Å². The Morgan fingerprint density at radius 1 is 1.07 bits per heavy atom. The quantitative estimate of drug-likeness (QED) is 0.418. The van der Waals surface area contributed by atoms with Crippen LogP contribution in [0.1, 0.15) is 38.5 Å². The van der Waals surface area contributed by atoms with E-state index in [0.29, 0.717) is 23.3 Å². The molecule has 0 unspecified atom stereocenters. The van der Waals surface area contributed by atoms with Crippen molar-refractivity contribution >= 4 is 17.4 Å². The van der Waals surface area contributed by atoms with Gasteiger partial charge in [0, 0.05) is 11.3 Å². The second-order valence-electron chi connectivity index (χ2n) is 6.61. The number of nitrogens with one attached hydrogen (secondary N) is 1. The SMILES string of the molecule is CCCCOc1ccccc1[C@@H]1Nc2ccccc2-c2nnc(SCC)nc2O1. The van der Waals surface area contributed by atoms with Crippen LogP contribution in [0, 0.1) is 0 Å². The molecule has 0 aliphatic carbocycles. The van der Waals surface area contributed by atoms with Gasteiger partial charge in [0.05, 0.1) is 12.2 Å². The number of unbranched alkanes of at least 4 members (excludes halogenated alkanes) is 1. The number of hydrogen-bond acceptors (Lipinski definition) is 7. The first-order chi connectivity index (χ1) is 14.3. The number of rotatable bonds is 7. The zero-order chi connectivity index (χ0) is 20.1. The molecule has 3 aromatic rings. The van der Waals surface area contributed by atoms with Gasteiger partial charge in [0.15, 0.2) is 5.69 Å². The average molecular weight is 409 g/mol. The average Bonchev–Trinajstić information content (AvgIpc) is 2.91. The number of ether oxygens (including phenoxy) is 2. The lowest BCUT2D eigenvalue weighted by atomic mass is 10.1. The van der Waals surface area contributed by atoms with Crippen molar-refractivity contribution in [3.05, 3.63) is 54.1 Å². The number of nitrogens with zero attached hydrogens (tertiary/aromatic N) is 3. The van der Waals surface area contributed by atoms with Gasteiger partial charge in [-0.2, -0.15) is 4.98 Å². The van der Waals surface area contributed by atoms with Crippen molar-refractivity contribution in [1.29, 1.82) is 0 Å². The third-order valence-corrected chi connectivity index (χ3v) is 5.28. The second kappa shape index (κ2) is 9.13. The minimum atomic E-state index is -0.452. The first kappa shape index (κ1) is 19.5. The number of thioether (sulfide) groups is 1. The summed E-state index contributed by atoms with van der Waals surface area (Å²) in [6.07, 6.45) is 1.64. The van der Waals surface area contributed by atoms with Gasteiger partial charge in [-0.05, 0) is 30.4 Å². The van der Waals surface area contributed by atoms with Crippen molar-refractivity contribution in [1.82, 2.24) is 15.2 Å². The summed E-state index contributed by atoms with van der Waals surface area (Å²) in [4.78, 5) is 4.63. The molecule has 0 saturated heterocycles. The van der Waals surface area contributed by atoms with Gasteiger partial charge in [0.2, 0.25) is 17.3 Å². The van der Waals surface area contributed by atoms with Crippen molar-refractivity contribution in [2.24, 2.45) is 0 Å². The topological polar surface area (TPSA) is 69.2 Å². The zero-order valence-corrected chi connectivity index (χ0v) is 17.4. The van der Waals surface area contributed by atoms with Crippen LogP contribution in [-0.4, -0.2) is 27.5 Å². The van der Waals surface area contributed by atoms with Crippen LogP contribution in [0.2, 0.25) is 0 Å². The number of para-hydroxylation sites is 2. The van der Waals surface area contributed by atoms with E-state index in [1.54, 1.807) is 11.8 Å². The molecule has 6 nitrogen and oxygen atoms in total. The normalized spacial score (nSPS) is 14.8. The van der Waals surface area contributed by atoms with E-state index in [-0.39, 0.29) is 0 Å². The summed E-state index contributed by atoms with van der Waals surface area (Å²) < 4.78 is 12.4. The highest BCUT2D eigenvalue weighted by atomic mass is 32.2. The smallest absolute Gasteiger partial charge is 0.247 e. The van der Waals surface area contributed by atoms with Crippen molar-refractivity contribution in [2.45, 2.75) is 38.1 Å². The van der Waals surface area contributed by atoms with Crippen LogP contribution in [0.5, 0.6) is 11.6 Å². The molecule has 1 aliphatic rings. The van der Waals surface area contributed by atoms with E-state index < -0.39 is 6.23 Å². The molecule has 2 heterocycles. The number of benzene rings is 2. The van der Waals surface area contributed by atoms with Gasteiger partial charge in [0.25, 0.3) is 0 Å². The Kier molecular flexibility index (Phi) is 6.14. The first-order valence-electron chi connectivity index (χ1n) is 9.92. The maximum absolute atomic E-state index is 6.34. The van der Waals surface area contributed by atoms with E-state index in [1.807, 2.05) is 48.5 Å². The van der Waals surface area contributed by atoms with Crippen LogP contribution in [0.25, 0.3) is 11.3 Å². The summed E-state index contributed by atoms with van der Waals surface area (Å²) in [5, 5.41) is 12.8. The fraction of sp³-hybridized carbons (Fsp3) is 0.318. The highest BCUT2D eigenvalue weighted by Crippen LogP contribution is 2.41. The molecule has 0 spiro atoms. The van der Waals surface area contributed by atoms with Crippen molar-refractivity contribution in [3.8, 4) is 22.9 Å². The Labute approximate surface area is 175 Å². The largest absolute Gasteiger partial charge is 0.493 e. The van der Waals surface area contributed by atoms with Gasteiger partial charge >= 0.3 is 0 Å². The minimum absolute atomic E-state index is 0.452. The predicted molar refractivity (Wildman–Crippen MR) is 115 cm³/mol. The van der Waals surface area contributed by atoms with E-state index in [2.05, 4.69) is 34.3 Å². The van der Waals surface area contributed by atoms with Crippen LogP contribution < -0.4 is 14.8 Å². The molecule has 2 aromatic carbocycles. The standard InChI is InChI=1S/C22H24N4O2S/c1-3-5-14-27-18-13-9-7-11-16(18)20-23-17-12-8-6-10-15(17)19-21(28-20)24-22(26-25-19)29-4-2/h6-13,20,23H,3-5,14H2,1-2H3/t20-/m1/s1. The fourth-order valence-electron chi connectivity index (χ4n) is 3.13. The van der Waals surface area contributed by atoms with Gasteiger partial charge < -0.3 is 14.8 Å². The van der Waals surface area contributed by atoms with Crippen molar-refractivity contribution in [2.75, 3.05) is 17.7 Å². The minimum Gasteiger partial charge on any atom is -0.493 e. The summed E-state index contributed by atoms with van der Waals surface area (Å²) in [7, 11) is 0. The molecule has 150 valence electrons. The number of aromatic nitrogens is 3. The molecular weight excluding hydrogens is 384 g/mol. The van der Waals surface area contributed by atoms with Crippen molar-refractivity contribution < 1.29 is 9.47 Å². The highest BCUT2D eigenvalue weighted by Gasteiger charge is 2.27. The van der Waals surface area contributed by atoms with E-state index >= 15 is 0 Å².